The highest BCUT2D eigenvalue weighted by molar-refractivity contribution is 5.57. The average Bonchev–Trinajstić information content (AvgIpc) is 2.42. The van der Waals surface area contributed by atoms with Crippen molar-refractivity contribution >= 4 is 23.5 Å². The Morgan fingerprint density at radius 3 is 2.25 bits per heavy atom. The van der Waals surface area contributed by atoms with E-state index in [2.05, 4.69) is 51.6 Å². The van der Waals surface area contributed by atoms with Crippen LogP contribution in [0.15, 0.2) is 18.2 Å². The van der Waals surface area contributed by atoms with Crippen LogP contribution in [0.5, 0.6) is 0 Å². The fourth-order valence-corrected chi connectivity index (χ4v) is 1.68. The van der Waals surface area contributed by atoms with Crippen molar-refractivity contribution in [1.82, 2.24) is 15.0 Å². The van der Waals surface area contributed by atoms with E-state index in [0.717, 1.165) is 5.69 Å². The lowest BCUT2D eigenvalue weighted by molar-refractivity contribution is 0.963. The molecule has 0 atom stereocenters. The molecular weight excluding hydrogens is 252 g/mol. The van der Waals surface area contributed by atoms with Gasteiger partial charge >= 0.3 is 0 Å². The molecule has 1 aromatic carbocycles. The van der Waals surface area contributed by atoms with Gasteiger partial charge in [-0.3, -0.25) is 0 Å². The number of nitrogens with one attached hydrogen (secondary N) is 2. The molecule has 2 rings (SSSR count). The zero-order valence-corrected chi connectivity index (χ0v) is 12.5. The van der Waals surface area contributed by atoms with Gasteiger partial charge in [0, 0.05) is 26.8 Å². The number of hydrogen-bond acceptors (Lipinski definition) is 6. The van der Waals surface area contributed by atoms with Gasteiger partial charge in [0.25, 0.3) is 0 Å². The molecule has 6 nitrogen and oxygen atoms in total. The maximum absolute atomic E-state index is 4.38. The van der Waals surface area contributed by atoms with E-state index in [1.165, 1.54) is 11.1 Å². The molecule has 0 spiro atoms. The van der Waals surface area contributed by atoms with Crippen LogP contribution in [-0.2, 0) is 0 Å². The van der Waals surface area contributed by atoms with E-state index in [-0.39, 0.29) is 0 Å². The third-order valence-electron chi connectivity index (χ3n) is 3.01. The summed E-state index contributed by atoms with van der Waals surface area (Å²) in [6, 6.07) is 6.17. The van der Waals surface area contributed by atoms with Crippen molar-refractivity contribution in [2.75, 3.05) is 36.7 Å². The molecule has 0 radical (unpaired) electrons. The molecule has 0 saturated heterocycles. The van der Waals surface area contributed by atoms with Gasteiger partial charge in [-0.2, -0.15) is 15.0 Å². The molecule has 0 aliphatic carbocycles. The van der Waals surface area contributed by atoms with Crippen molar-refractivity contribution in [2.24, 2.45) is 0 Å². The van der Waals surface area contributed by atoms with Gasteiger partial charge in [0.15, 0.2) is 0 Å². The third kappa shape index (κ3) is 3.14. The lowest BCUT2D eigenvalue weighted by atomic mass is 10.1. The molecule has 0 bridgehead atoms. The highest BCUT2D eigenvalue weighted by Crippen LogP contribution is 2.19. The summed E-state index contributed by atoms with van der Waals surface area (Å²) in [7, 11) is 5.58. The number of aryl methyl sites for hydroxylation is 2. The fraction of sp³-hybridized carbons (Fsp3) is 0.357. The van der Waals surface area contributed by atoms with Crippen molar-refractivity contribution < 1.29 is 0 Å². The minimum Gasteiger partial charge on any atom is -0.357 e. The van der Waals surface area contributed by atoms with Crippen LogP contribution in [0, 0.1) is 13.8 Å². The molecule has 20 heavy (non-hydrogen) atoms. The van der Waals surface area contributed by atoms with Crippen molar-refractivity contribution in [3.05, 3.63) is 29.3 Å². The van der Waals surface area contributed by atoms with Gasteiger partial charge < -0.3 is 15.5 Å². The molecule has 2 aromatic rings. The van der Waals surface area contributed by atoms with E-state index in [4.69, 9.17) is 0 Å². The number of aromatic nitrogens is 3. The van der Waals surface area contributed by atoms with Crippen LogP contribution in [0.25, 0.3) is 0 Å². The molecule has 0 saturated carbocycles. The van der Waals surface area contributed by atoms with Gasteiger partial charge in [-0.25, -0.2) is 0 Å². The van der Waals surface area contributed by atoms with Crippen LogP contribution in [0.4, 0.5) is 23.5 Å². The maximum Gasteiger partial charge on any atom is 0.233 e. The van der Waals surface area contributed by atoms with E-state index in [9.17, 15) is 0 Å². The van der Waals surface area contributed by atoms with E-state index >= 15 is 0 Å². The Hall–Kier alpha value is -2.37. The Balaban J connectivity index is 2.32. The van der Waals surface area contributed by atoms with Crippen LogP contribution in [0.2, 0.25) is 0 Å². The molecule has 0 amide bonds. The SMILES string of the molecule is CNc1nc(Nc2ccc(C)c(C)c2)nc(N(C)C)n1. The summed E-state index contributed by atoms with van der Waals surface area (Å²) in [5.41, 5.74) is 3.45. The zero-order chi connectivity index (χ0) is 14.7. The first kappa shape index (κ1) is 14.0. The molecule has 6 heteroatoms. The summed E-state index contributed by atoms with van der Waals surface area (Å²) in [4.78, 5) is 14.8. The van der Waals surface area contributed by atoms with E-state index in [1.807, 2.05) is 25.1 Å². The molecule has 0 aliphatic heterocycles. The zero-order valence-electron chi connectivity index (χ0n) is 12.5. The number of anilines is 4. The Labute approximate surface area is 119 Å². The van der Waals surface area contributed by atoms with Gasteiger partial charge in [-0.15, -0.1) is 0 Å². The highest BCUT2D eigenvalue weighted by Gasteiger charge is 2.07. The van der Waals surface area contributed by atoms with Crippen LogP contribution in [0.1, 0.15) is 11.1 Å². The second-order valence-electron chi connectivity index (χ2n) is 4.85. The minimum absolute atomic E-state index is 0.524. The Kier molecular flexibility index (Phi) is 4.02. The summed E-state index contributed by atoms with van der Waals surface area (Å²) in [5, 5.41) is 6.15. The number of rotatable bonds is 4. The number of benzene rings is 1. The molecule has 1 aromatic heterocycles. The smallest absolute Gasteiger partial charge is 0.233 e. The second-order valence-corrected chi connectivity index (χ2v) is 4.85. The van der Waals surface area contributed by atoms with E-state index < -0.39 is 0 Å². The Bertz CT molecular complexity index is 609. The first-order valence-corrected chi connectivity index (χ1v) is 6.45. The van der Waals surface area contributed by atoms with Crippen LogP contribution >= 0.6 is 0 Å². The normalized spacial score (nSPS) is 10.2. The molecule has 106 valence electrons. The fourth-order valence-electron chi connectivity index (χ4n) is 1.68. The summed E-state index contributed by atoms with van der Waals surface area (Å²) < 4.78 is 0. The average molecular weight is 272 g/mol. The van der Waals surface area contributed by atoms with Gasteiger partial charge in [0.1, 0.15) is 0 Å². The minimum atomic E-state index is 0.524. The molecule has 0 aliphatic rings. The largest absolute Gasteiger partial charge is 0.357 e. The summed E-state index contributed by atoms with van der Waals surface area (Å²) in [6.45, 7) is 4.17. The summed E-state index contributed by atoms with van der Waals surface area (Å²) >= 11 is 0. The van der Waals surface area contributed by atoms with Crippen LogP contribution in [-0.4, -0.2) is 36.1 Å². The lowest BCUT2D eigenvalue weighted by Gasteiger charge is -2.13. The van der Waals surface area contributed by atoms with E-state index in [1.54, 1.807) is 7.05 Å². The van der Waals surface area contributed by atoms with Gasteiger partial charge in [0.05, 0.1) is 0 Å². The Morgan fingerprint density at radius 1 is 0.950 bits per heavy atom. The predicted octanol–water partition coefficient (Wildman–Crippen LogP) is 2.34. The quantitative estimate of drug-likeness (QED) is 0.890. The standard InChI is InChI=1S/C14H20N6/c1-9-6-7-11(8-10(9)2)16-13-17-12(15-3)18-14(19-13)20(4)5/h6-8H,1-5H3,(H2,15,16,17,18,19). The van der Waals surface area contributed by atoms with Crippen molar-refractivity contribution in [3.8, 4) is 0 Å². The first-order chi connectivity index (χ1) is 9.49. The van der Waals surface area contributed by atoms with Gasteiger partial charge in [-0.1, -0.05) is 6.07 Å². The summed E-state index contributed by atoms with van der Waals surface area (Å²) in [5.74, 6) is 1.67. The third-order valence-corrected chi connectivity index (χ3v) is 3.01. The number of hydrogen-bond donors (Lipinski definition) is 2. The maximum atomic E-state index is 4.38. The lowest BCUT2D eigenvalue weighted by Crippen LogP contribution is -2.15. The van der Waals surface area contributed by atoms with Gasteiger partial charge in [0.2, 0.25) is 17.8 Å². The van der Waals surface area contributed by atoms with E-state index in [0.29, 0.717) is 17.8 Å². The summed E-state index contributed by atoms with van der Waals surface area (Å²) in [6.07, 6.45) is 0. The highest BCUT2D eigenvalue weighted by atomic mass is 15.3. The number of nitrogens with zero attached hydrogens (tertiary/aromatic N) is 4. The monoisotopic (exact) mass is 272 g/mol. The van der Waals surface area contributed by atoms with Crippen molar-refractivity contribution in [1.29, 1.82) is 0 Å². The van der Waals surface area contributed by atoms with Crippen LogP contribution < -0.4 is 15.5 Å². The second kappa shape index (κ2) is 5.73. The van der Waals surface area contributed by atoms with Crippen molar-refractivity contribution in [2.45, 2.75) is 13.8 Å². The first-order valence-electron chi connectivity index (χ1n) is 6.45. The molecular formula is C14H20N6. The van der Waals surface area contributed by atoms with Crippen molar-refractivity contribution in [3.63, 3.8) is 0 Å². The Morgan fingerprint density at radius 2 is 1.65 bits per heavy atom. The molecule has 0 unspecified atom stereocenters. The van der Waals surface area contributed by atoms with Crippen LogP contribution in [0.3, 0.4) is 0 Å². The molecule has 2 N–H and O–H groups in total. The van der Waals surface area contributed by atoms with Gasteiger partial charge in [-0.05, 0) is 37.1 Å². The predicted molar refractivity (Wildman–Crippen MR) is 82.9 cm³/mol. The topological polar surface area (TPSA) is 66.0 Å². The molecule has 0 fully saturated rings. The molecule has 1 heterocycles.